The zero-order chi connectivity index (χ0) is 29.3. The fourth-order valence-corrected chi connectivity index (χ4v) is 6.00. The molecule has 0 aliphatic carbocycles. The molecule has 1 fully saturated rings. The first-order valence-electron chi connectivity index (χ1n) is 13.0. The lowest BCUT2D eigenvalue weighted by molar-refractivity contribution is -0.149. The number of aromatic amines is 1. The molecule has 14 nitrogen and oxygen atoms in total. The van der Waals surface area contributed by atoms with Crippen molar-refractivity contribution >= 4 is 41.6 Å². The molecule has 2 unspecified atom stereocenters. The number of anilines is 1. The maximum absolute atomic E-state index is 14.1. The van der Waals surface area contributed by atoms with Crippen LogP contribution >= 0.6 is 7.75 Å². The van der Waals surface area contributed by atoms with Crippen molar-refractivity contribution in [1.82, 2.24) is 24.6 Å². The van der Waals surface area contributed by atoms with Crippen LogP contribution in [0.4, 0.5) is 5.95 Å². The summed E-state index contributed by atoms with van der Waals surface area (Å²) in [4.78, 5) is 35.2. The molecular weight excluding hydrogens is 555 g/mol. The molecule has 5 N–H and O–H groups in total. The third-order valence-electron chi connectivity index (χ3n) is 6.40. The van der Waals surface area contributed by atoms with E-state index in [2.05, 4.69) is 20.0 Å². The highest BCUT2D eigenvalue weighted by Crippen LogP contribution is 2.47. The molecule has 2 aromatic carbocycles. The van der Waals surface area contributed by atoms with Crippen LogP contribution in [0.3, 0.4) is 0 Å². The van der Waals surface area contributed by atoms with E-state index in [9.17, 15) is 19.3 Å². The predicted octanol–water partition coefficient (Wildman–Crippen LogP) is 2.64. The van der Waals surface area contributed by atoms with Gasteiger partial charge in [0.15, 0.2) is 11.2 Å². The number of esters is 1. The van der Waals surface area contributed by atoms with Gasteiger partial charge < -0.3 is 24.8 Å². The van der Waals surface area contributed by atoms with Crippen LogP contribution in [0.1, 0.15) is 33.4 Å². The number of rotatable bonds is 10. The second-order valence-electron chi connectivity index (χ2n) is 9.91. The number of fused-ring (bicyclic) bond motifs is 2. The van der Waals surface area contributed by atoms with Crippen LogP contribution < -0.4 is 20.9 Å². The maximum atomic E-state index is 14.1. The minimum Gasteiger partial charge on any atom is -0.462 e. The zero-order valence-corrected chi connectivity index (χ0v) is 23.5. The summed E-state index contributed by atoms with van der Waals surface area (Å²) < 4.78 is 38.5. The number of ether oxygens (including phenoxy) is 2. The van der Waals surface area contributed by atoms with E-state index in [-0.39, 0.29) is 42.0 Å². The van der Waals surface area contributed by atoms with Crippen molar-refractivity contribution < 1.29 is 33.0 Å². The van der Waals surface area contributed by atoms with Gasteiger partial charge in [-0.15, -0.1) is 0 Å². The van der Waals surface area contributed by atoms with Crippen molar-refractivity contribution in [2.45, 2.75) is 57.8 Å². The summed E-state index contributed by atoms with van der Waals surface area (Å²) in [5.41, 5.74) is 5.43. The second kappa shape index (κ2) is 11.6. The Morgan fingerprint density at radius 2 is 2.02 bits per heavy atom. The van der Waals surface area contributed by atoms with Crippen LogP contribution in [0.15, 0.2) is 53.6 Å². The summed E-state index contributed by atoms with van der Waals surface area (Å²) >= 11 is 0. The van der Waals surface area contributed by atoms with Crippen LogP contribution in [0.2, 0.25) is 0 Å². The van der Waals surface area contributed by atoms with Gasteiger partial charge in [-0.2, -0.15) is 10.1 Å². The average Bonchev–Trinajstić information content (AvgIpc) is 3.50. The molecule has 0 radical (unpaired) electrons. The number of hydrogen-bond acceptors (Lipinski definition) is 11. The maximum Gasteiger partial charge on any atom is 0.459 e. The first-order valence-corrected chi connectivity index (χ1v) is 14.5. The Kier molecular flexibility index (Phi) is 8.11. The minimum atomic E-state index is -4.25. The molecule has 5 rings (SSSR count). The lowest BCUT2D eigenvalue weighted by Gasteiger charge is -2.25. The van der Waals surface area contributed by atoms with Crippen molar-refractivity contribution in [1.29, 1.82) is 0 Å². The molecule has 0 bridgehead atoms. The van der Waals surface area contributed by atoms with Crippen LogP contribution in [0, 0.1) is 0 Å². The van der Waals surface area contributed by atoms with E-state index in [4.69, 9.17) is 24.3 Å². The lowest BCUT2D eigenvalue weighted by atomic mass is 10.1. The number of nitrogens with zero attached hydrogens (tertiary/aromatic N) is 3. The molecule has 0 spiro atoms. The number of hydrogen-bond donors (Lipinski definition) is 4. The Morgan fingerprint density at radius 3 is 2.80 bits per heavy atom. The van der Waals surface area contributed by atoms with E-state index in [1.807, 2.05) is 24.3 Å². The topological polar surface area (TPSA) is 193 Å². The summed E-state index contributed by atoms with van der Waals surface area (Å²) in [6, 6.07) is 11.6. The summed E-state index contributed by atoms with van der Waals surface area (Å²) in [6.07, 6.45) is -1.65. The normalized spacial score (nSPS) is 21.2. The minimum absolute atomic E-state index is 0.0662. The van der Waals surface area contributed by atoms with E-state index in [0.29, 0.717) is 5.39 Å². The van der Waals surface area contributed by atoms with Gasteiger partial charge >= 0.3 is 13.7 Å². The SMILES string of the molecule is CC(C)OC(=O)[C@H](C)NP(=O)(OCC1O[C@@H](n2cnc3c(=O)[nH]c(N)nc32)C[C@H]1O)Oc1cccc2ccccc12. The first-order chi connectivity index (χ1) is 19.5. The standard InChI is InChI=1S/C26H31N6O8P/c1-14(2)38-25(35)15(3)31-41(36,40-19-10-6-8-16-7-4-5-9-17(16)19)37-12-20-18(33)11-21(39-20)32-13-28-22-23(32)29-26(27)30-24(22)34/h4-10,13-15,18,20-21,33H,11-12H2,1-3H3,(H,31,36)(H3,27,29,30,34)/t15-,18+,20?,21+,41?/m0/s1. The third kappa shape index (κ3) is 6.26. The van der Waals surface area contributed by atoms with Crippen LogP contribution in [-0.2, 0) is 23.4 Å². The molecule has 1 saturated heterocycles. The smallest absolute Gasteiger partial charge is 0.459 e. The molecule has 15 heteroatoms. The number of carbonyl (C=O) groups is 1. The molecule has 218 valence electrons. The van der Waals surface area contributed by atoms with Crippen molar-refractivity contribution in [2.24, 2.45) is 0 Å². The van der Waals surface area contributed by atoms with Gasteiger partial charge in [0.1, 0.15) is 24.1 Å². The molecule has 41 heavy (non-hydrogen) atoms. The van der Waals surface area contributed by atoms with Crippen molar-refractivity contribution in [3.8, 4) is 5.75 Å². The van der Waals surface area contributed by atoms with Gasteiger partial charge in [0.25, 0.3) is 5.56 Å². The number of aliphatic hydroxyl groups is 1. The fourth-order valence-electron chi connectivity index (χ4n) is 4.48. The molecule has 1 aliphatic heterocycles. The number of nitrogen functional groups attached to an aromatic ring is 1. The van der Waals surface area contributed by atoms with E-state index in [1.165, 1.54) is 17.8 Å². The quantitative estimate of drug-likeness (QED) is 0.157. The predicted molar refractivity (Wildman–Crippen MR) is 149 cm³/mol. The number of carbonyl (C=O) groups excluding carboxylic acids is 1. The first kappa shape index (κ1) is 28.7. The largest absolute Gasteiger partial charge is 0.462 e. The Bertz CT molecular complexity index is 1670. The number of aromatic nitrogens is 4. The highest BCUT2D eigenvalue weighted by atomic mass is 31.2. The molecule has 1 aliphatic rings. The highest BCUT2D eigenvalue weighted by molar-refractivity contribution is 7.52. The molecule has 3 heterocycles. The molecule has 2 aromatic heterocycles. The number of nitrogens with one attached hydrogen (secondary N) is 2. The van der Waals surface area contributed by atoms with E-state index in [1.54, 1.807) is 32.0 Å². The number of imidazole rings is 1. The summed E-state index contributed by atoms with van der Waals surface area (Å²) in [5.74, 6) is -0.463. The number of H-pyrrole nitrogens is 1. The highest BCUT2D eigenvalue weighted by Gasteiger charge is 2.40. The number of benzene rings is 2. The van der Waals surface area contributed by atoms with Gasteiger partial charge in [0, 0.05) is 11.8 Å². The zero-order valence-electron chi connectivity index (χ0n) is 22.6. The van der Waals surface area contributed by atoms with Gasteiger partial charge in [-0.1, -0.05) is 36.4 Å². The lowest BCUT2D eigenvalue weighted by Crippen LogP contribution is -2.37. The Balaban J connectivity index is 1.36. The van der Waals surface area contributed by atoms with Crippen molar-refractivity contribution in [2.75, 3.05) is 12.3 Å². The number of nitrogens with two attached hydrogens (primary N) is 1. The Labute approximate surface area is 234 Å². The Hall–Kier alpha value is -3.81. The number of aliphatic hydroxyl groups excluding tert-OH is 1. The summed E-state index contributed by atoms with van der Waals surface area (Å²) in [7, 11) is -4.25. The van der Waals surface area contributed by atoms with Crippen LogP contribution in [0.5, 0.6) is 5.75 Å². The van der Waals surface area contributed by atoms with E-state index >= 15 is 0 Å². The molecular formula is C26H31N6O8P. The van der Waals surface area contributed by atoms with Gasteiger partial charge in [-0.05, 0) is 32.2 Å². The van der Waals surface area contributed by atoms with Gasteiger partial charge in [-0.25, -0.2) is 9.55 Å². The summed E-state index contributed by atoms with van der Waals surface area (Å²) in [5, 5.41) is 14.9. The third-order valence-corrected chi connectivity index (χ3v) is 8.03. The summed E-state index contributed by atoms with van der Waals surface area (Å²) in [6.45, 7) is 4.52. The molecule has 0 amide bonds. The van der Waals surface area contributed by atoms with Crippen molar-refractivity contribution in [3.63, 3.8) is 0 Å². The molecule has 5 atom stereocenters. The fraction of sp³-hybridized carbons (Fsp3) is 0.385. The second-order valence-corrected chi connectivity index (χ2v) is 11.6. The van der Waals surface area contributed by atoms with Gasteiger partial charge in [0.2, 0.25) is 5.95 Å². The van der Waals surface area contributed by atoms with Gasteiger partial charge in [0.05, 0.1) is 25.1 Å². The van der Waals surface area contributed by atoms with Crippen molar-refractivity contribution in [3.05, 3.63) is 59.1 Å². The van der Waals surface area contributed by atoms with Crippen LogP contribution in [0.25, 0.3) is 21.9 Å². The molecule has 0 saturated carbocycles. The van der Waals surface area contributed by atoms with Crippen LogP contribution in [-0.4, -0.2) is 61.6 Å². The van der Waals surface area contributed by atoms with E-state index in [0.717, 1.165) is 5.39 Å². The monoisotopic (exact) mass is 586 g/mol. The molecule has 4 aromatic rings. The average molecular weight is 587 g/mol. The Morgan fingerprint density at radius 1 is 1.27 bits per heavy atom. The van der Waals surface area contributed by atoms with Gasteiger partial charge in [-0.3, -0.25) is 23.7 Å². The van der Waals surface area contributed by atoms with E-state index < -0.39 is 43.8 Å².